The minimum absolute atomic E-state index is 0.176. The molecule has 4 heteroatoms. The summed E-state index contributed by atoms with van der Waals surface area (Å²) < 4.78 is 0. The molecule has 0 radical (unpaired) electrons. The number of nitrogens with one attached hydrogen (secondary N) is 1. The van der Waals surface area contributed by atoms with Crippen molar-refractivity contribution in [1.82, 2.24) is 4.98 Å². The third-order valence-electron chi connectivity index (χ3n) is 4.21. The highest BCUT2D eigenvalue weighted by molar-refractivity contribution is 6.33. The van der Waals surface area contributed by atoms with Gasteiger partial charge < -0.3 is 5.32 Å². The van der Waals surface area contributed by atoms with Gasteiger partial charge in [0.2, 0.25) is 0 Å². The van der Waals surface area contributed by atoms with Crippen LogP contribution >= 0.6 is 11.6 Å². The number of carbonyl (C=O) groups is 1. The van der Waals surface area contributed by atoms with Crippen molar-refractivity contribution < 1.29 is 4.79 Å². The van der Waals surface area contributed by atoms with Gasteiger partial charge in [-0.15, -0.1) is 0 Å². The molecule has 1 aromatic heterocycles. The second-order valence-corrected chi connectivity index (χ2v) is 6.57. The lowest BCUT2D eigenvalue weighted by atomic mass is 10.1. The van der Waals surface area contributed by atoms with Gasteiger partial charge in [-0.2, -0.15) is 0 Å². The Hall–Kier alpha value is -2.65. The zero-order chi connectivity index (χ0) is 18.4. The van der Waals surface area contributed by atoms with Gasteiger partial charge in [0, 0.05) is 22.5 Å². The Morgan fingerprint density at radius 1 is 1.04 bits per heavy atom. The molecule has 3 rings (SSSR count). The first-order valence-electron chi connectivity index (χ1n) is 8.78. The molecule has 0 saturated heterocycles. The van der Waals surface area contributed by atoms with Crippen molar-refractivity contribution in [2.24, 2.45) is 0 Å². The average Bonchev–Trinajstić information content (AvgIpc) is 2.68. The van der Waals surface area contributed by atoms with Crippen LogP contribution in [0.1, 0.15) is 35.7 Å². The van der Waals surface area contributed by atoms with E-state index in [9.17, 15) is 4.79 Å². The van der Waals surface area contributed by atoms with Crippen LogP contribution in [-0.4, -0.2) is 10.9 Å². The van der Waals surface area contributed by atoms with Gasteiger partial charge in [-0.05, 0) is 48.7 Å². The van der Waals surface area contributed by atoms with E-state index in [4.69, 9.17) is 11.6 Å². The Balaban J connectivity index is 1.67. The lowest BCUT2D eigenvalue weighted by molar-refractivity contribution is 0.102. The van der Waals surface area contributed by atoms with Gasteiger partial charge in [0.15, 0.2) is 0 Å². The number of amides is 1. The molecule has 0 fully saturated rings. The molecule has 0 bridgehead atoms. The summed E-state index contributed by atoms with van der Waals surface area (Å²) in [5.41, 5.74) is 4.17. The number of benzene rings is 2. The number of halogens is 1. The van der Waals surface area contributed by atoms with E-state index in [2.05, 4.69) is 29.4 Å². The fourth-order valence-corrected chi connectivity index (χ4v) is 2.93. The smallest absolute Gasteiger partial charge is 0.257 e. The standard InChI is InChI=1S/C22H21ClN2O/c1-2-3-6-16-9-12-18(13-10-16)25-22(26)17-11-14-21(24-15-17)19-7-4-5-8-20(19)23/h4-5,7-15H,2-3,6H2,1H3,(H,25,26). The van der Waals surface area contributed by atoms with Crippen LogP contribution in [0.4, 0.5) is 5.69 Å². The lowest BCUT2D eigenvalue weighted by Crippen LogP contribution is -2.12. The molecule has 132 valence electrons. The van der Waals surface area contributed by atoms with Crippen molar-refractivity contribution in [2.45, 2.75) is 26.2 Å². The van der Waals surface area contributed by atoms with Crippen LogP contribution in [0.3, 0.4) is 0 Å². The number of rotatable bonds is 6. The second-order valence-electron chi connectivity index (χ2n) is 6.17. The molecule has 0 aliphatic heterocycles. The van der Waals surface area contributed by atoms with Gasteiger partial charge >= 0.3 is 0 Å². The van der Waals surface area contributed by atoms with Gasteiger partial charge in [0.05, 0.1) is 11.3 Å². The van der Waals surface area contributed by atoms with Crippen molar-refractivity contribution in [3.8, 4) is 11.3 Å². The highest BCUT2D eigenvalue weighted by atomic mass is 35.5. The first-order valence-corrected chi connectivity index (χ1v) is 9.16. The van der Waals surface area contributed by atoms with Crippen LogP contribution in [0.5, 0.6) is 0 Å². The maximum atomic E-state index is 12.4. The summed E-state index contributed by atoms with van der Waals surface area (Å²) in [5, 5.41) is 3.55. The number of pyridine rings is 1. The molecule has 0 unspecified atom stereocenters. The van der Waals surface area contributed by atoms with Gasteiger partial charge in [0.1, 0.15) is 0 Å². The van der Waals surface area contributed by atoms with E-state index in [1.54, 1.807) is 12.3 Å². The minimum atomic E-state index is -0.176. The van der Waals surface area contributed by atoms with E-state index in [1.807, 2.05) is 42.5 Å². The number of aryl methyl sites for hydroxylation is 1. The highest BCUT2D eigenvalue weighted by Gasteiger charge is 2.09. The molecule has 1 heterocycles. The van der Waals surface area contributed by atoms with Gasteiger partial charge in [-0.3, -0.25) is 9.78 Å². The Kier molecular flexibility index (Phi) is 6.03. The molecule has 0 aliphatic carbocycles. The Morgan fingerprint density at radius 3 is 2.46 bits per heavy atom. The topological polar surface area (TPSA) is 42.0 Å². The van der Waals surface area contributed by atoms with Crippen molar-refractivity contribution in [3.05, 3.63) is 83.0 Å². The molecule has 0 atom stereocenters. The Labute approximate surface area is 159 Å². The fourth-order valence-electron chi connectivity index (χ4n) is 2.70. The zero-order valence-electron chi connectivity index (χ0n) is 14.7. The van der Waals surface area contributed by atoms with E-state index in [0.717, 1.165) is 23.4 Å². The molecule has 1 amide bonds. The second kappa shape index (κ2) is 8.63. The summed E-state index contributed by atoms with van der Waals surface area (Å²) in [7, 11) is 0. The first kappa shape index (κ1) is 18.2. The van der Waals surface area contributed by atoms with Gasteiger partial charge in [-0.25, -0.2) is 0 Å². The summed E-state index contributed by atoms with van der Waals surface area (Å²) in [6, 6.07) is 19.1. The number of nitrogens with zero attached hydrogens (tertiary/aromatic N) is 1. The van der Waals surface area contributed by atoms with E-state index >= 15 is 0 Å². The Bertz CT molecular complexity index is 873. The molecular formula is C22H21ClN2O. The minimum Gasteiger partial charge on any atom is -0.322 e. The van der Waals surface area contributed by atoms with Crippen LogP contribution < -0.4 is 5.32 Å². The van der Waals surface area contributed by atoms with Crippen LogP contribution in [-0.2, 0) is 6.42 Å². The van der Waals surface area contributed by atoms with E-state index in [-0.39, 0.29) is 5.91 Å². The molecule has 26 heavy (non-hydrogen) atoms. The zero-order valence-corrected chi connectivity index (χ0v) is 15.5. The maximum Gasteiger partial charge on any atom is 0.257 e. The van der Waals surface area contributed by atoms with E-state index < -0.39 is 0 Å². The predicted octanol–water partition coefficient (Wildman–Crippen LogP) is 6.00. The molecule has 0 saturated carbocycles. The molecular weight excluding hydrogens is 344 g/mol. The SMILES string of the molecule is CCCCc1ccc(NC(=O)c2ccc(-c3ccccc3Cl)nc2)cc1. The summed E-state index contributed by atoms with van der Waals surface area (Å²) in [6.45, 7) is 2.18. The van der Waals surface area contributed by atoms with Crippen LogP contribution in [0, 0.1) is 0 Å². The fraction of sp³-hybridized carbons (Fsp3) is 0.182. The summed E-state index contributed by atoms with van der Waals surface area (Å²) >= 11 is 6.19. The molecule has 3 nitrogen and oxygen atoms in total. The molecule has 0 aliphatic rings. The van der Waals surface area contributed by atoms with E-state index in [0.29, 0.717) is 10.6 Å². The number of carbonyl (C=O) groups excluding carboxylic acids is 1. The monoisotopic (exact) mass is 364 g/mol. The van der Waals surface area contributed by atoms with Gasteiger partial charge in [0.25, 0.3) is 5.91 Å². The average molecular weight is 365 g/mol. The van der Waals surface area contributed by atoms with Crippen molar-refractivity contribution in [2.75, 3.05) is 5.32 Å². The van der Waals surface area contributed by atoms with Crippen molar-refractivity contribution in [1.29, 1.82) is 0 Å². The normalized spacial score (nSPS) is 10.5. The van der Waals surface area contributed by atoms with Crippen molar-refractivity contribution >= 4 is 23.2 Å². The number of unbranched alkanes of at least 4 members (excludes halogenated alkanes) is 1. The number of anilines is 1. The van der Waals surface area contributed by atoms with Crippen LogP contribution in [0.2, 0.25) is 5.02 Å². The Morgan fingerprint density at radius 2 is 1.81 bits per heavy atom. The van der Waals surface area contributed by atoms with E-state index in [1.165, 1.54) is 18.4 Å². The van der Waals surface area contributed by atoms with Crippen LogP contribution in [0.15, 0.2) is 66.9 Å². The molecule has 0 spiro atoms. The summed E-state index contributed by atoms with van der Waals surface area (Å²) in [5.74, 6) is -0.176. The summed E-state index contributed by atoms with van der Waals surface area (Å²) in [6.07, 6.45) is 4.99. The largest absolute Gasteiger partial charge is 0.322 e. The quantitative estimate of drug-likeness (QED) is 0.583. The predicted molar refractivity (Wildman–Crippen MR) is 108 cm³/mol. The molecule has 3 aromatic rings. The van der Waals surface area contributed by atoms with Crippen LogP contribution in [0.25, 0.3) is 11.3 Å². The van der Waals surface area contributed by atoms with Gasteiger partial charge in [-0.1, -0.05) is 55.3 Å². The lowest BCUT2D eigenvalue weighted by Gasteiger charge is -2.08. The third kappa shape index (κ3) is 4.50. The number of hydrogen-bond acceptors (Lipinski definition) is 2. The van der Waals surface area contributed by atoms with Crippen molar-refractivity contribution in [3.63, 3.8) is 0 Å². The maximum absolute atomic E-state index is 12.4. The first-order chi connectivity index (χ1) is 12.7. The third-order valence-corrected chi connectivity index (χ3v) is 4.54. The molecule has 2 aromatic carbocycles. The highest BCUT2D eigenvalue weighted by Crippen LogP contribution is 2.25. The molecule has 1 N–H and O–H groups in total. The number of aromatic nitrogens is 1. The summed E-state index contributed by atoms with van der Waals surface area (Å²) in [4.78, 5) is 16.8. The number of hydrogen-bond donors (Lipinski definition) is 1.